The summed E-state index contributed by atoms with van der Waals surface area (Å²) in [7, 11) is 0. The number of rotatable bonds is 2. The highest BCUT2D eigenvalue weighted by Crippen LogP contribution is 2.24. The van der Waals surface area contributed by atoms with Crippen LogP contribution in [0.25, 0.3) is 0 Å². The largest absolute Gasteiger partial charge is 0.352 e. The second-order valence-electron chi connectivity index (χ2n) is 3.54. The lowest BCUT2D eigenvalue weighted by Crippen LogP contribution is -2.35. The molecule has 2 N–H and O–H groups in total. The molecule has 1 fully saturated rings. The molecule has 0 bridgehead atoms. The lowest BCUT2D eigenvalue weighted by molar-refractivity contribution is 0.671. The van der Waals surface area contributed by atoms with Gasteiger partial charge in [0, 0.05) is 19.1 Å². The molecule has 0 spiro atoms. The first-order valence-electron chi connectivity index (χ1n) is 4.90. The minimum Gasteiger partial charge on any atom is -0.352 e. The van der Waals surface area contributed by atoms with Crippen molar-refractivity contribution in [2.45, 2.75) is 18.9 Å². The van der Waals surface area contributed by atoms with Gasteiger partial charge in [0.15, 0.2) is 0 Å². The predicted molar refractivity (Wildman–Crippen MR) is 61.4 cm³/mol. The zero-order chi connectivity index (χ0) is 9.97. The van der Waals surface area contributed by atoms with Gasteiger partial charge in [0.2, 0.25) is 0 Å². The highest BCUT2D eigenvalue weighted by molar-refractivity contribution is 9.10. The smallest absolute Gasteiger partial charge is 0.130 e. The summed E-state index contributed by atoms with van der Waals surface area (Å²) in [5.41, 5.74) is 5.72. The molecule has 3 nitrogen and oxygen atoms in total. The van der Waals surface area contributed by atoms with Crippen molar-refractivity contribution in [3.8, 4) is 0 Å². The quantitative estimate of drug-likeness (QED) is 0.820. The third-order valence-electron chi connectivity index (χ3n) is 2.64. The second-order valence-corrected chi connectivity index (χ2v) is 4.36. The maximum atomic E-state index is 5.72. The van der Waals surface area contributed by atoms with Crippen molar-refractivity contribution in [2.24, 2.45) is 5.73 Å². The molecule has 0 radical (unpaired) electrons. The van der Waals surface area contributed by atoms with E-state index < -0.39 is 0 Å². The van der Waals surface area contributed by atoms with Crippen LogP contribution in [0.15, 0.2) is 22.8 Å². The molecule has 0 unspecified atom stereocenters. The van der Waals surface area contributed by atoms with Gasteiger partial charge in [0.05, 0.1) is 0 Å². The van der Waals surface area contributed by atoms with Gasteiger partial charge in [-0.2, -0.15) is 0 Å². The van der Waals surface area contributed by atoms with Gasteiger partial charge in [-0.15, -0.1) is 0 Å². The Hall–Kier alpha value is -0.610. The Morgan fingerprint density at radius 2 is 2.43 bits per heavy atom. The molecule has 2 rings (SSSR count). The fourth-order valence-corrected chi connectivity index (χ4v) is 2.27. The van der Waals surface area contributed by atoms with Crippen LogP contribution in [0.1, 0.15) is 12.8 Å². The third-order valence-corrected chi connectivity index (χ3v) is 3.09. The van der Waals surface area contributed by atoms with E-state index in [1.54, 1.807) is 0 Å². The van der Waals surface area contributed by atoms with Crippen LogP contribution in [0, 0.1) is 0 Å². The van der Waals surface area contributed by atoms with Crippen molar-refractivity contribution in [1.82, 2.24) is 4.98 Å². The van der Waals surface area contributed by atoms with E-state index >= 15 is 0 Å². The summed E-state index contributed by atoms with van der Waals surface area (Å²) in [6.45, 7) is 1.79. The van der Waals surface area contributed by atoms with Crippen LogP contribution in [-0.4, -0.2) is 24.1 Å². The zero-order valence-electron chi connectivity index (χ0n) is 7.99. The number of halogens is 1. The highest BCUT2D eigenvalue weighted by atomic mass is 79.9. The van der Waals surface area contributed by atoms with Crippen molar-refractivity contribution in [3.05, 3.63) is 22.8 Å². The van der Waals surface area contributed by atoms with Gasteiger partial charge in [0.1, 0.15) is 10.4 Å². The molecule has 2 heterocycles. The van der Waals surface area contributed by atoms with Gasteiger partial charge in [-0.1, -0.05) is 6.07 Å². The molecule has 0 amide bonds. The summed E-state index contributed by atoms with van der Waals surface area (Å²) in [5.74, 6) is 1.03. The summed E-state index contributed by atoms with van der Waals surface area (Å²) in [6.07, 6.45) is 2.40. The van der Waals surface area contributed by atoms with Crippen molar-refractivity contribution in [3.63, 3.8) is 0 Å². The van der Waals surface area contributed by atoms with E-state index in [4.69, 9.17) is 5.73 Å². The van der Waals surface area contributed by atoms with E-state index in [1.807, 2.05) is 18.2 Å². The van der Waals surface area contributed by atoms with Crippen LogP contribution in [0.2, 0.25) is 0 Å². The van der Waals surface area contributed by atoms with E-state index in [1.165, 1.54) is 12.8 Å². The van der Waals surface area contributed by atoms with Gasteiger partial charge in [-0.05, 0) is 40.9 Å². The molecule has 76 valence electrons. The van der Waals surface area contributed by atoms with Crippen molar-refractivity contribution < 1.29 is 0 Å². The standard InChI is InChI=1S/C10H14BrN3/c11-9-4-1-5-10(13-9)14-6-2-3-8(14)7-12/h1,4-5,8H,2-3,6-7,12H2/t8-/m0/s1. The summed E-state index contributed by atoms with van der Waals surface area (Å²) in [5, 5.41) is 0. The second kappa shape index (κ2) is 4.28. The Morgan fingerprint density at radius 1 is 1.57 bits per heavy atom. The van der Waals surface area contributed by atoms with Crippen LogP contribution in [0.5, 0.6) is 0 Å². The number of pyridine rings is 1. The zero-order valence-corrected chi connectivity index (χ0v) is 9.57. The molecule has 1 aromatic heterocycles. The number of nitrogens with zero attached hydrogens (tertiary/aromatic N) is 2. The fourth-order valence-electron chi connectivity index (χ4n) is 1.94. The highest BCUT2D eigenvalue weighted by Gasteiger charge is 2.23. The van der Waals surface area contributed by atoms with E-state index in [0.717, 1.165) is 17.0 Å². The molecule has 1 aliphatic rings. The first kappa shape index (κ1) is 9.93. The molecule has 1 saturated heterocycles. The fraction of sp³-hybridized carbons (Fsp3) is 0.500. The van der Waals surface area contributed by atoms with Crippen molar-refractivity contribution >= 4 is 21.7 Å². The van der Waals surface area contributed by atoms with E-state index in [-0.39, 0.29) is 0 Å². The van der Waals surface area contributed by atoms with Crippen LogP contribution in [0.3, 0.4) is 0 Å². The summed E-state index contributed by atoms with van der Waals surface area (Å²) in [6, 6.07) is 6.46. The third kappa shape index (κ3) is 1.91. The molecule has 1 atom stereocenters. The van der Waals surface area contributed by atoms with Crippen LogP contribution >= 0.6 is 15.9 Å². The molecule has 14 heavy (non-hydrogen) atoms. The maximum absolute atomic E-state index is 5.72. The SMILES string of the molecule is NC[C@@H]1CCCN1c1cccc(Br)n1. The molecule has 0 saturated carbocycles. The number of anilines is 1. The number of hydrogen-bond acceptors (Lipinski definition) is 3. The first-order valence-corrected chi connectivity index (χ1v) is 5.70. The van der Waals surface area contributed by atoms with Gasteiger partial charge in [0.25, 0.3) is 0 Å². The summed E-state index contributed by atoms with van der Waals surface area (Å²) < 4.78 is 0.887. The van der Waals surface area contributed by atoms with Crippen molar-refractivity contribution in [2.75, 3.05) is 18.0 Å². The van der Waals surface area contributed by atoms with E-state index in [0.29, 0.717) is 12.6 Å². The van der Waals surface area contributed by atoms with E-state index in [9.17, 15) is 0 Å². The molecule has 0 aliphatic carbocycles. The van der Waals surface area contributed by atoms with Crippen LogP contribution < -0.4 is 10.6 Å². The molecule has 1 aromatic rings. The maximum Gasteiger partial charge on any atom is 0.130 e. The Labute approximate surface area is 92.4 Å². The van der Waals surface area contributed by atoms with Crippen molar-refractivity contribution in [1.29, 1.82) is 0 Å². The lowest BCUT2D eigenvalue weighted by Gasteiger charge is -2.24. The van der Waals surface area contributed by atoms with Crippen LogP contribution in [0.4, 0.5) is 5.82 Å². The molecular weight excluding hydrogens is 242 g/mol. The van der Waals surface area contributed by atoms with E-state index in [2.05, 4.69) is 25.8 Å². The number of nitrogens with two attached hydrogens (primary N) is 1. The monoisotopic (exact) mass is 255 g/mol. The Bertz CT molecular complexity index is 316. The van der Waals surface area contributed by atoms with Gasteiger partial charge < -0.3 is 10.6 Å². The molecule has 0 aromatic carbocycles. The number of hydrogen-bond donors (Lipinski definition) is 1. The van der Waals surface area contributed by atoms with Gasteiger partial charge >= 0.3 is 0 Å². The average molecular weight is 256 g/mol. The van der Waals surface area contributed by atoms with Gasteiger partial charge in [-0.3, -0.25) is 0 Å². The Balaban J connectivity index is 2.21. The predicted octanol–water partition coefficient (Wildman–Crippen LogP) is 1.77. The Morgan fingerprint density at radius 3 is 3.14 bits per heavy atom. The van der Waals surface area contributed by atoms with Crippen LogP contribution in [-0.2, 0) is 0 Å². The minimum atomic E-state index is 0.469. The topological polar surface area (TPSA) is 42.1 Å². The lowest BCUT2D eigenvalue weighted by atomic mass is 10.2. The average Bonchev–Trinajstić information content (AvgIpc) is 2.65. The number of aromatic nitrogens is 1. The summed E-state index contributed by atoms with van der Waals surface area (Å²) >= 11 is 3.38. The van der Waals surface area contributed by atoms with Gasteiger partial charge in [-0.25, -0.2) is 4.98 Å². The Kier molecular flexibility index (Phi) is 3.03. The first-order chi connectivity index (χ1) is 6.81. The minimum absolute atomic E-state index is 0.469. The normalized spacial score (nSPS) is 21.6. The molecular formula is C10H14BrN3. The molecule has 4 heteroatoms. The summed E-state index contributed by atoms with van der Waals surface area (Å²) in [4.78, 5) is 6.74. The molecule has 1 aliphatic heterocycles.